The van der Waals surface area contributed by atoms with Gasteiger partial charge in [0, 0.05) is 36.7 Å². The summed E-state index contributed by atoms with van der Waals surface area (Å²) in [7, 11) is 0. The quantitative estimate of drug-likeness (QED) is 0.671. The smallest absolute Gasteiger partial charge is 0.255 e. The van der Waals surface area contributed by atoms with E-state index >= 15 is 0 Å². The first kappa shape index (κ1) is 17.8. The predicted molar refractivity (Wildman–Crippen MR) is 102 cm³/mol. The van der Waals surface area contributed by atoms with E-state index in [1.54, 1.807) is 4.90 Å². The highest BCUT2D eigenvalue weighted by Crippen LogP contribution is 2.37. The van der Waals surface area contributed by atoms with Gasteiger partial charge in [0.25, 0.3) is 5.91 Å². The van der Waals surface area contributed by atoms with E-state index in [0.29, 0.717) is 24.6 Å². The number of hydrogen-bond donors (Lipinski definition) is 3. The normalized spacial score (nSPS) is 31.9. The molecule has 0 bridgehead atoms. The summed E-state index contributed by atoms with van der Waals surface area (Å²) in [5.41, 5.74) is 2.94. The molecular formula is C21H26N4O3. The van der Waals surface area contributed by atoms with Crippen molar-refractivity contribution in [3.63, 3.8) is 0 Å². The number of benzene rings is 1. The Bertz CT molecular complexity index is 842. The van der Waals surface area contributed by atoms with Crippen LogP contribution >= 0.6 is 0 Å². The minimum absolute atomic E-state index is 0.106. The highest BCUT2D eigenvalue weighted by atomic mass is 16.2. The lowest BCUT2D eigenvalue weighted by Gasteiger charge is -2.30. The Morgan fingerprint density at radius 1 is 1.18 bits per heavy atom. The lowest BCUT2D eigenvalue weighted by atomic mass is 9.92. The first-order valence-electron chi connectivity index (χ1n) is 10.3. The van der Waals surface area contributed by atoms with Crippen molar-refractivity contribution in [1.29, 1.82) is 0 Å². The first-order valence-corrected chi connectivity index (χ1v) is 10.3. The largest absolute Gasteiger partial charge is 0.322 e. The maximum Gasteiger partial charge on any atom is 0.255 e. The number of imide groups is 1. The standard InChI is InChI=1S/C21H26N4O3/c26-18-6-5-16(19(27)24-18)25-12-14-4-3-13(10-15(14)20(25)28)11-23-21-7-1-2-17(21)22-9-8-21/h3-4,10,16-17,22-23H,1-2,5-9,11-12H2,(H,24,26,27). The van der Waals surface area contributed by atoms with Crippen molar-refractivity contribution in [3.05, 3.63) is 34.9 Å². The van der Waals surface area contributed by atoms with Gasteiger partial charge in [-0.05, 0) is 55.8 Å². The van der Waals surface area contributed by atoms with Gasteiger partial charge in [-0.3, -0.25) is 19.7 Å². The Labute approximate surface area is 164 Å². The molecule has 3 heterocycles. The molecule has 1 saturated carbocycles. The van der Waals surface area contributed by atoms with E-state index in [4.69, 9.17) is 0 Å². The second-order valence-corrected chi connectivity index (χ2v) is 8.55. The molecule has 3 N–H and O–H groups in total. The van der Waals surface area contributed by atoms with Crippen LogP contribution in [0.25, 0.3) is 0 Å². The fraction of sp³-hybridized carbons (Fsp3) is 0.571. The molecule has 2 saturated heterocycles. The summed E-state index contributed by atoms with van der Waals surface area (Å²) in [4.78, 5) is 38.1. The third-order valence-electron chi connectivity index (χ3n) is 6.98. The van der Waals surface area contributed by atoms with E-state index in [0.717, 1.165) is 30.6 Å². The Morgan fingerprint density at radius 3 is 2.93 bits per heavy atom. The van der Waals surface area contributed by atoms with E-state index in [1.807, 2.05) is 12.1 Å². The van der Waals surface area contributed by atoms with Gasteiger partial charge in [-0.15, -0.1) is 0 Å². The summed E-state index contributed by atoms with van der Waals surface area (Å²) in [6.45, 7) is 2.25. The first-order chi connectivity index (χ1) is 13.6. The zero-order chi connectivity index (χ0) is 19.3. The monoisotopic (exact) mass is 382 g/mol. The third kappa shape index (κ3) is 2.84. The summed E-state index contributed by atoms with van der Waals surface area (Å²) in [5, 5.41) is 9.73. The zero-order valence-corrected chi connectivity index (χ0v) is 15.9. The summed E-state index contributed by atoms with van der Waals surface area (Å²) >= 11 is 0. The molecule has 3 atom stereocenters. The van der Waals surface area contributed by atoms with Gasteiger partial charge in [0.1, 0.15) is 6.04 Å². The van der Waals surface area contributed by atoms with Gasteiger partial charge in [-0.25, -0.2) is 0 Å². The summed E-state index contributed by atoms with van der Waals surface area (Å²) in [5.74, 6) is -0.727. The number of carbonyl (C=O) groups is 3. The SMILES string of the molecule is O=C1CCC(N2Cc3ccc(CNC45CCCC4NCC5)cc3C2=O)C(=O)N1. The highest BCUT2D eigenvalue weighted by Gasteiger charge is 2.45. The Balaban J connectivity index is 1.30. The molecule has 1 aromatic carbocycles. The topological polar surface area (TPSA) is 90.5 Å². The van der Waals surface area contributed by atoms with Crippen LogP contribution in [0.1, 0.15) is 60.0 Å². The minimum Gasteiger partial charge on any atom is -0.322 e. The van der Waals surface area contributed by atoms with Gasteiger partial charge in [-0.1, -0.05) is 12.1 Å². The number of nitrogens with zero attached hydrogens (tertiary/aromatic N) is 1. The molecule has 3 fully saturated rings. The molecule has 3 aliphatic heterocycles. The van der Waals surface area contributed by atoms with Crippen LogP contribution in [0.2, 0.25) is 0 Å². The molecule has 0 spiro atoms. The summed E-state index contributed by atoms with van der Waals surface area (Å²) in [6, 6.07) is 6.07. The van der Waals surface area contributed by atoms with Gasteiger partial charge in [0.15, 0.2) is 0 Å². The Morgan fingerprint density at radius 2 is 2.07 bits per heavy atom. The molecular weight excluding hydrogens is 356 g/mol. The van der Waals surface area contributed by atoms with Crippen molar-refractivity contribution < 1.29 is 14.4 Å². The average Bonchev–Trinajstić information content (AvgIpc) is 3.33. The van der Waals surface area contributed by atoms with Crippen LogP contribution in [-0.4, -0.2) is 46.8 Å². The molecule has 1 aromatic rings. The van der Waals surface area contributed by atoms with Crippen LogP contribution in [0.4, 0.5) is 0 Å². The molecule has 148 valence electrons. The van der Waals surface area contributed by atoms with Gasteiger partial charge < -0.3 is 15.5 Å². The van der Waals surface area contributed by atoms with Crippen molar-refractivity contribution in [2.45, 2.75) is 69.2 Å². The lowest BCUT2D eigenvalue weighted by molar-refractivity contribution is -0.136. The molecule has 4 aliphatic rings. The van der Waals surface area contributed by atoms with E-state index in [-0.39, 0.29) is 29.7 Å². The Hall–Kier alpha value is -2.25. The maximum atomic E-state index is 12.9. The van der Waals surface area contributed by atoms with Crippen molar-refractivity contribution in [1.82, 2.24) is 20.9 Å². The molecule has 5 rings (SSSR count). The second-order valence-electron chi connectivity index (χ2n) is 8.55. The summed E-state index contributed by atoms with van der Waals surface area (Å²) in [6.07, 6.45) is 5.53. The molecule has 0 aromatic heterocycles. The number of nitrogens with one attached hydrogen (secondary N) is 3. The number of hydrogen-bond acceptors (Lipinski definition) is 5. The van der Waals surface area contributed by atoms with Crippen molar-refractivity contribution in [2.24, 2.45) is 0 Å². The van der Waals surface area contributed by atoms with E-state index < -0.39 is 6.04 Å². The number of fused-ring (bicyclic) bond motifs is 2. The van der Waals surface area contributed by atoms with Gasteiger partial charge in [0.2, 0.25) is 11.8 Å². The van der Waals surface area contributed by atoms with E-state index in [9.17, 15) is 14.4 Å². The number of piperidine rings is 1. The zero-order valence-electron chi connectivity index (χ0n) is 15.9. The molecule has 28 heavy (non-hydrogen) atoms. The van der Waals surface area contributed by atoms with Gasteiger partial charge in [0.05, 0.1) is 0 Å². The number of carbonyl (C=O) groups excluding carboxylic acids is 3. The lowest BCUT2D eigenvalue weighted by Crippen LogP contribution is -2.52. The highest BCUT2D eigenvalue weighted by molar-refractivity contribution is 6.05. The number of rotatable bonds is 4. The number of amides is 3. The fourth-order valence-corrected chi connectivity index (χ4v) is 5.43. The predicted octanol–water partition coefficient (Wildman–Crippen LogP) is 0.822. The average molecular weight is 382 g/mol. The molecule has 0 radical (unpaired) electrons. The molecule has 7 heteroatoms. The maximum absolute atomic E-state index is 12.9. The van der Waals surface area contributed by atoms with E-state index in [2.05, 4.69) is 22.0 Å². The molecule has 1 aliphatic carbocycles. The van der Waals surface area contributed by atoms with E-state index in [1.165, 1.54) is 19.3 Å². The third-order valence-corrected chi connectivity index (χ3v) is 6.98. The molecule has 3 amide bonds. The van der Waals surface area contributed by atoms with Crippen LogP contribution in [0.5, 0.6) is 0 Å². The summed E-state index contributed by atoms with van der Waals surface area (Å²) < 4.78 is 0. The molecule has 3 unspecified atom stereocenters. The second kappa shape index (κ2) is 6.67. The fourth-order valence-electron chi connectivity index (χ4n) is 5.43. The van der Waals surface area contributed by atoms with Crippen LogP contribution in [0.15, 0.2) is 18.2 Å². The molecule has 7 nitrogen and oxygen atoms in total. The minimum atomic E-state index is -0.554. The van der Waals surface area contributed by atoms with Crippen molar-refractivity contribution in [3.8, 4) is 0 Å². The van der Waals surface area contributed by atoms with Crippen LogP contribution < -0.4 is 16.0 Å². The van der Waals surface area contributed by atoms with Crippen LogP contribution in [0.3, 0.4) is 0 Å². The van der Waals surface area contributed by atoms with Gasteiger partial charge >= 0.3 is 0 Å². The van der Waals surface area contributed by atoms with Gasteiger partial charge in [-0.2, -0.15) is 0 Å². The Kier molecular flexibility index (Phi) is 4.25. The van der Waals surface area contributed by atoms with Crippen molar-refractivity contribution in [2.75, 3.05) is 6.54 Å². The van der Waals surface area contributed by atoms with Crippen LogP contribution in [-0.2, 0) is 22.7 Å². The van der Waals surface area contributed by atoms with Crippen molar-refractivity contribution >= 4 is 17.7 Å². The van der Waals surface area contributed by atoms with Crippen LogP contribution in [0, 0.1) is 0 Å².